The molecule has 1 spiro atoms. The fourth-order valence-electron chi connectivity index (χ4n) is 4.58. The molecule has 0 radical (unpaired) electrons. The average molecular weight is 457 g/mol. The van der Waals surface area contributed by atoms with E-state index in [1.807, 2.05) is 47.6 Å². The number of nitrogens with zero attached hydrogens (tertiary/aromatic N) is 4. The molecule has 1 aromatic rings. The second-order valence-corrected chi connectivity index (χ2v) is 8.86. The van der Waals surface area contributed by atoms with Crippen LogP contribution in [-0.2, 0) is 11.3 Å². The summed E-state index contributed by atoms with van der Waals surface area (Å²) in [6.07, 6.45) is 8.11. The number of hydrogen-bond acceptors (Lipinski definition) is 5. The van der Waals surface area contributed by atoms with Gasteiger partial charge in [-0.1, -0.05) is 30.3 Å². The van der Waals surface area contributed by atoms with Crippen molar-refractivity contribution in [3.05, 3.63) is 59.7 Å². The van der Waals surface area contributed by atoms with Gasteiger partial charge in [-0.25, -0.2) is 4.79 Å². The fourth-order valence-corrected chi connectivity index (χ4v) is 5.08. The molecule has 3 aliphatic heterocycles. The normalized spacial score (nSPS) is 29.1. The van der Waals surface area contributed by atoms with Crippen LogP contribution in [0.4, 0.5) is 4.79 Å². The summed E-state index contributed by atoms with van der Waals surface area (Å²) in [5.41, 5.74) is 3.18. The molecule has 150 valence electrons. The number of benzene rings is 1. The first-order valence-electron chi connectivity index (χ1n) is 9.85. The van der Waals surface area contributed by atoms with Crippen LogP contribution in [0.15, 0.2) is 64.1 Å². The minimum Gasteiger partial charge on any atom is -0.445 e. The van der Waals surface area contributed by atoms with Crippen LogP contribution in [0.3, 0.4) is 0 Å². The number of carbonyl (C=O) groups is 1. The lowest BCUT2D eigenvalue weighted by molar-refractivity contribution is -0.746. The number of quaternary nitrogens is 1. The molecule has 2 atom stereocenters. The molecule has 1 saturated heterocycles. The maximum absolute atomic E-state index is 12.4. The van der Waals surface area contributed by atoms with Crippen molar-refractivity contribution in [3.63, 3.8) is 0 Å². The largest absolute Gasteiger partial charge is 0.445 e. The number of likely N-dealkylation sites (tertiary alicyclic amines) is 1. The number of nitrogens with two attached hydrogens (primary N) is 1. The summed E-state index contributed by atoms with van der Waals surface area (Å²) in [6, 6.07) is 9.77. The van der Waals surface area contributed by atoms with Crippen molar-refractivity contribution in [3.8, 4) is 0 Å². The zero-order valence-corrected chi connectivity index (χ0v) is 17.6. The summed E-state index contributed by atoms with van der Waals surface area (Å²) >= 11 is 3.52. The highest BCUT2D eigenvalue weighted by molar-refractivity contribution is 9.18. The van der Waals surface area contributed by atoms with Gasteiger partial charge in [-0.2, -0.15) is 10.8 Å². The van der Waals surface area contributed by atoms with Crippen LogP contribution in [0.2, 0.25) is 0 Å². The Morgan fingerprint density at radius 1 is 1.31 bits per heavy atom. The lowest BCUT2D eigenvalue weighted by Gasteiger charge is -2.32. The molecule has 1 amide bonds. The number of amides is 1. The Balaban J connectivity index is 1.21. The smallest absolute Gasteiger partial charge is 0.410 e. The van der Waals surface area contributed by atoms with Crippen molar-refractivity contribution in [2.75, 3.05) is 13.1 Å². The number of fused-ring (bicyclic) bond motifs is 1. The number of piperidine rings is 1. The molecule has 2 unspecified atom stereocenters. The molecular weight excluding hydrogens is 434 g/mol. The topological polar surface area (TPSA) is 80.3 Å². The standard InChI is InChI=1S/C21H23BrN5O2/c22-19-25-18(17-13-24-8-11-27(17,19)23)16-12-21(16)6-9-26(10-7-21)20(28)29-14-15-4-2-1-3-5-15/h1-5,8,11,13,16H,6-7,9-10,12,14,23H2/q+1. The molecule has 2 fully saturated rings. The third-order valence-electron chi connectivity index (χ3n) is 6.51. The Morgan fingerprint density at radius 2 is 2.07 bits per heavy atom. The molecule has 1 aromatic carbocycles. The third kappa shape index (κ3) is 3.15. The lowest BCUT2D eigenvalue weighted by Crippen LogP contribution is -2.50. The van der Waals surface area contributed by atoms with Crippen LogP contribution in [-0.4, -0.2) is 39.6 Å². The van der Waals surface area contributed by atoms with E-state index in [1.165, 1.54) is 0 Å². The van der Waals surface area contributed by atoms with Gasteiger partial charge in [0.2, 0.25) is 5.70 Å². The predicted molar refractivity (Wildman–Crippen MR) is 113 cm³/mol. The molecule has 8 heteroatoms. The summed E-state index contributed by atoms with van der Waals surface area (Å²) in [7, 11) is 0. The molecular formula is C21H23BrN5O2+. The average Bonchev–Trinajstić information content (AvgIpc) is 3.36. The minimum absolute atomic E-state index is 0.0589. The molecule has 1 aliphatic carbocycles. The number of amidine groups is 1. The molecule has 0 bridgehead atoms. The Labute approximate surface area is 177 Å². The molecule has 5 rings (SSSR count). The van der Waals surface area contributed by atoms with E-state index in [0.717, 1.165) is 36.2 Å². The van der Waals surface area contributed by atoms with Crippen LogP contribution in [0, 0.1) is 11.3 Å². The van der Waals surface area contributed by atoms with E-state index in [9.17, 15) is 4.79 Å². The van der Waals surface area contributed by atoms with E-state index in [4.69, 9.17) is 15.6 Å². The molecule has 3 heterocycles. The highest BCUT2D eigenvalue weighted by atomic mass is 79.9. The zero-order valence-electron chi connectivity index (χ0n) is 16.0. The SMILES string of the molecule is N[N+]12C=CN=CC1=C(C1CC13CCN(C(=O)OCc1ccccc1)CC3)N=C2Br. The highest BCUT2D eigenvalue weighted by Crippen LogP contribution is 2.64. The van der Waals surface area contributed by atoms with Gasteiger partial charge >= 0.3 is 10.8 Å². The van der Waals surface area contributed by atoms with Crippen molar-refractivity contribution < 1.29 is 14.1 Å². The van der Waals surface area contributed by atoms with Gasteiger partial charge in [-0.15, -0.1) is 4.59 Å². The van der Waals surface area contributed by atoms with Crippen molar-refractivity contribution >= 4 is 33.0 Å². The van der Waals surface area contributed by atoms with E-state index < -0.39 is 0 Å². The first-order chi connectivity index (χ1) is 14.0. The number of carbonyl (C=O) groups excluding carboxylic acids is 1. The van der Waals surface area contributed by atoms with Crippen molar-refractivity contribution in [1.29, 1.82) is 0 Å². The number of rotatable bonds is 3. The van der Waals surface area contributed by atoms with Gasteiger partial charge in [0.25, 0.3) is 0 Å². The van der Waals surface area contributed by atoms with E-state index >= 15 is 0 Å². The molecule has 2 N–H and O–H groups in total. The lowest BCUT2D eigenvalue weighted by atomic mass is 9.90. The van der Waals surface area contributed by atoms with Crippen molar-refractivity contribution in [1.82, 2.24) is 4.90 Å². The summed E-state index contributed by atoms with van der Waals surface area (Å²) in [5.74, 6) is 6.85. The third-order valence-corrected chi connectivity index (χ3v) is 7.27. The maximum atomic E-state index is 12.4. The van der Waals surface area contributed by atoms with E-state index in [0.29, 0.717) is 30.4 Å². The Morgan fingerprint density at radius 3 is 2.83 bits per heavy atom. The van der Waals surface area contributed by atoms with Crippen LogP contribution in [0.25, 0.3) is 0 Å². The number of aliphatic imine (C=N–C) groups is 2. The van der Waals surface area contributed by atoms with Crippen LogP contribution >= 0.6 is 15.9 Å². The van der Waals surface area contributed by atoms with Crippen LogP contribution in [0.5, 0.6) is 0 Å². The predicted octanol–water partition coefficient (Wildman–Crippen LogP) is 3.65. The molecule has 7 nitrogen and oxygen atoms in total. The Kier molecular flexibility index (Phi) is 4.45. The minimum atomic E-state index is -0.230. The number of halogens is 1. The molecule has 29 heavy (non-hydrogen) atoms. The summed E-state index contributed by atoms with van der Waals surface area (Å²) < 4.78 is 6.23. The van der Waals surface area contributed by atoms with Gasteiger partial charge in [0, 0.05) is 34.9 Å². The van der Waals surface area contributed by atoms with E-state index in [-0.39, 0.29) is 16.1 Å². The Bertz CT molecular complexity index is 963. The zero-order chi connectivity index (χ0) is 20.1. The van der Waals surface area contributed by atoms with Gasteiger partial charge in [0.1, 0.15) is 18.5 Å². The van der Waals surface area contributed by atoms with Gasteiger partial charge in [0.05, 0.1) is 12.4 Å². The second-order valence-electron chi connectivity index (χ2n) is 8.15. The number of hydrogen-bond donors (Lipinski definition) is 1. The van der Waals surface area contributed by atoms with Gasteiger partial charge in [-0.05, 0) is 30.2 Å². The van der Waals surface area contributed by atoms with Crippen LogP contribution < -0.4 is 5.84 Å². The first kappa shape index (κ1) is 18.7. The van der Waals surface area contributed by atoms with Gasteiger partial charge in [0.15, 0.2) is 0 Å². The maximum Gasteiger partial charge on any atom is 0.410 e. The van der Waals surface area contributed by atoms with Crippen molar-refractivity contribution in [2.24, 2.45) is 27.2 Å². The van der Waals surface area contributed by atoms with E-state index in [1.54, 1.807) is 6.20 Å². The first-order valence-corrected chi connectivity index (χ1v) is 10.6. The molecule has 4 aliphatic rings. The molecule has 0 aromatic heterocycles. The quantitative estimate of drug-likeness (QED) is 0.428. The van der Waals surface area contributed by atoms with Gasteiger partial charge < -0.3 is 9.64 Å². The number of allylic oxidation sites excluding steroid dienone is 2. The summed E-state index contributed by atoms with van der Waals surface area (Å²) in [5, 5.41) is 0. The number of ether oxygens (including phenoxy) is 1. The van der Waals surface area contributed by atoms with E-state index in [2.05, 4.69) is 20.9 Å². The van der Waals surface area contributed by atoms with Crippen molar-refractivity contribution in [2.45, 2.75) is 25.9 Å². The summed E-state index contributed by atoms with van der Waals surface area (Å²) in [6.45, 7) is 1.74. The summed E-state index contributed by atoms with van der Waals surface area (Å²) in [4.78, 5) is 23.3. The monoisotopic (exact) mass is 456 g/mol. The highest BCUT2D eigenvalue weighted by Gasteiger charge is 2.60. The fraction of sp³-hybridized carbons (Fsp3) is 0.381. The molecule has 1 saturated carbocycles. The Hall–Kier alpha value is -2.29. The van der Waals surface area contributed by atoms with Crippen LogP contribution in [0.1, 0.15) is 24.8 Å². The van der Waals surface area contributed by atoms with Gasteiger partial charge in [-0.3, -0.25) is 4.99 Å². The second kappa shape index (κ2) is 6.90.